The van der Waals surface area contributed by atoms with Crippen molar-refractivity contribution in [1.82, 2.24) is 19.9 Å². The van der Waals surface area contributed by atoms with Gasteiger partial charge in [0.15, 0.2) is 0 Å². The average Bonchev–Trinajstić information content (AvgIpc) is 3.68. The number of carbonyl (C=O) groups is 2. The Labute approximate surface area is 284 Å². The minimum absolute atomic E-state index is 0.236. The Morgan fingerprint density at radius 1 is 0.682 bits per heavy atom. The smallest absolute Gasteiger partial charge is 0.305 e. The molecule has 0 radical (unpaired) electrons. The molecule has 0 aromatic carbocycles. The lowest BCUT2D eigenvalue weighted by Gasteiger charge is -2.05. The molecule has 0 amide bonds. The third-order valence-corrected chi connectivity index (χ3v) is 11.7. The highest BCUT2D eigenvalue weighted by Gasteiger charge is 2.23. The van der Waals surface area contributed by atoms with Crippen LogP contribution in [0.2, 0.25) is 0 Å². The molecule has 0 saturated heterocycles. The monoisotopic (exact) mass is 818 g/mol. The normalized spacial score (nSPS) is 13.1. The first kappa shape index (κ1) is 32.4. The number of carbonyl (C=O) groups excluding carboxylic acids is 2. The molecule has 0 fully saturated rings. The number of hydrogen-bond acceptors (Lipinski definition) is 6. The van der Waals surface area contributed by atoms with Gasteiger partial charge in [-0.1, -0.05) is 13.8 Å². The van der Waals surface area contributed by atoms with Crippen LogP contribution in [0.15, 0.2) is 24.3 Å². The van der Waals surface area contributed by atoms with Crippen LogP contribution < -0.4 is 0 Å². The van der Waals surface area contributed by atoms with Crippen LogP contribution in [0.5, 0.6) is 0 Å². The number of H-pyrrole nitrogens is 2. The number of halogens is 2. The van der Waals surface area contributed by atoms with E-state index in [1.807, 2.05) is 0 Å². The Bertz CT molecular complexity index is 1900. The highest BCUT2D eigenvalue weighted by molar-refractivity contribution is 14.1. The number of nitrogens with zero attached hydrogens (tertiary/aromatic N) is 2. The molecule has 0 saturated carbocycles. The molecule has 0 spiro atoms. The number of allylic oxidation sites excluding steroid dienone is 4. The van der Waals surface area contributed by atoms with Crippen molar-refractivity contribution in [2.75, 3.05) is 14.2 Å². The number of aromatic amines is 2. The van der Waals surface area contributed by atoms with Crippen LogP contribution >= 0.6 is 45.2 Å². The van der Waals surface area contributed by atoms with E-state index in [2.05, 4.69) is 107 Å². The van der Waals surface area contributed by atoms with Crippen LogP contribution in [-0.2, 0) is 25.5 Å². The van der Waals surface area contributed by atoms with E-state index in [1.165, 1.54) is 25.4 Å². The second kappa shape index (κ2) is 13.6. The maximum absolute atomic E-state index is 12.1. The van der Waals surface area contributed by atoms with E-state index < -0.39 is 0 Å². The summed E-state index contributed by atoms with van der Waals surface area (Å²) in [5, 5.41) is 0. The van der Waals surface area contributed by atoms with Crippen LogP contribution in [0.1, 0.15) is 86.8 Å². The first-order chi connectivity index (χ1) is 21.1. The summed E-state index contributed by atoms with van der Waals surface area (Å²) >= 11 is 4.76. The van der Waals surface area contributed by atoms with E-state index >= 15 is 0 Å². The molecule has 3 aromatic heterocycles. The molecule has 0 unspecified atom stereocenters. The number of rotatable bonds is 8. The molecule has 10 heteroatoms. The van der Waals surface area contributed by atoms with Crippen molar-refractivity contribution in [2.24, 2.45) is 0 Å². The molecule has 2 aliphatic heterocycles. The van der Waals surface area contributed by atoms with Crippen molar-refractivity contribution in [3.63, 3.8) is 0 Å². The fourth-order valence-electron chi connectivity index (χ4n) is 5.97. The van der Waals surface area contributed by atoms with Crippen LogP contribution in [0.25, 0.3) is 44.4 Å². The number of aromatic nitrogens is 4. The molecule has 0 atom stereocenters. The number of ether oxygens (including phenoxy) is 2. The topological polar surface area (TPSA) is 110 Å². The Kier molecular flexibility index (Phi) is 9.98. The van der Waals surface area contributed by atoms with E-state index in [0.29, 0.717) is 19.3 Å². The Morgan fingerprint density at radius 2 is 1.18 bits per heavy atom. The van der Waals surface area contributed by atoms with Crippen molar-refractivity contribution in [3.8, 4) is 0 Å². The standard InChI is InChI=1S/C34H36I2N4O4/c1-7-19-20(8-2)26-16-28-22(10-12-32(42)44-6)18(4)24(38-28)14-30-34(36)33(35)29(40-30)13-23-17(3)21(9-11-31(41)43-5)27(37-23)15-25(19)39-26/h13-16,37,40H,7-12H2,1-6H3. The summed E-state index contributed by atoms with van der Waals surface area (Å²) in [6, 6.07) is 8.42. The molecular formula is C34H36I2N4O4. The molecule has 3 aromatic rings. The quantitative estimate of drug-likeness (QED) is 0.174. The Morgan fingerprint density at radius 3 is 1.80 bits per heavy atom. The van der Waals surface area contributed by atoms with E-state index in [1.54, 1.807) is 0 Å². The number of methoxy groups -OCH3 is 2. The lowest BCUT2D eigenvalue weighted by atomic mass is 9.98. The molecule has 5 rings (SSSR count). The van der Waals surface area contributed by atoms with Gasteiger partial charge in [0, 0.05) is 23.9 Å². The number of aryl methyl sites for hydroxylation is 2. The molecule has 0 aliphatic carbocycles. The zero-order chi connectivity index (χ0) is 31.7. The molecule has 44 heavy (non-hydrogen) atoms. The predicted octanol–water partition coefficient (Wildman–Crippen LogP) is 8.55. The lowest BCUT2D eigenvalue weighted by molar-refractivity contribution is -0.141. The number of hydrogen-bond donors (Lipinski definition) is 2. The second-order valence-electron chi connectivity index (χ2n) is 10.9. The van der Waals surface area contributed by atoms with E-state index in [-0.39, 0.29) is 18.4 Å². The fourth-order valence-corrected chi connectivity index (χ4v) is 7.13. The summed E-state index contributed by atoms with van der Waals surface area (Å²) in [6.45, 7) is 8.47. The van der Waals surface area contributed by atoms with Gasteiger partial charge in [0.25, 0.3) is 0 Å². The van der Waals surface area contributed by atoms with Gasteiger partial charge in [-0.25, -0.2) is 9.97 Å². The van der Waals surface area contributed by atoms with Crippen molar-refractivity contribution < 1.29 is 19.1 Å². The van der Waals surface area contributed by atoms with Gasteiger partial charge >= 0.3 is 11.9 Å². The summed E-state index contributed by atoms with van der Waals surface area (Å²) in [5.41, 5.74) is 14.0. The van der Waals surface area contributed by atoms with Crippen molar-refractivity contribution in [2.45, 2.75) is 66.2 Å². The maximum atomic E-state index is 12.1. The lowest BCUT2D eigenvalue weighted by Crippen LogP contribution is -2.02. The summed E-state index contributed by atoms with van der Waals surface area (Å²) in [5.74, 6) is -0.483. The molecule has 5 heterocycles. The Balaban J connectivity index is 1.88. The van der Waals surface area contributed by atoms with Gasteiger partial charge < -0.3 is 19.4 Å². The van der Waals surface area contributed by atoms with E-state index in [4.69, 9.17) is 19.4 Å². The first-order valence-corrected chi connectivity index (χ1v) is 16.9. The number of fused-ring (bicyclic) bond motifs is 8. The summed E-state index contributed by atoms with van der Waals surface area (Å²) in [6.07, 6.45) is 3.30. The first-order valence-electron chi connectivity index (χ1n) is 14.8. The van der Waals surface area contributed by atoms with Crippen molar-refractivity contribution in [3.05, 3.63) is 65.3 Å². The van der Waals surface area contributed by atoms with Crippen molar-refractivity contribution >= 4 is 101 Å². The van der Waals surface area contributed by atoms with Gasteiger partial charge in [-0.2, -0.15) is 0 Å². The van der Waals surface area contributed by atoms with Gasteiger partial charge in [-0.15, -0.1) is 0 Å². The van der Waals surface area contributed by atoms with Crippen LogP contribution in [-0.4, -0.2) is 46.1 Å². The predicted molar refractivity (Wildman–Crippen MR) is 193 cm³/mol. The van der Waals surface area contributed by atoms with Gasteiger partial charge in [0.2, 0.25) is 0 Å². The highest BCUT2D eigenvalue weighted by atomic mass is 127. The van der Waals surface area contributed by atoms with Crippen LogP contribution in [0.4, 0.5) is 0 Å². The largest absolute Gasteiger partial charge is 0.469 e. The minimum atomic E-state index is -0.247. The molecule has 2 aliphatic rings. The van der Waals surface area contributed by atoms with Crippen LogP contribution in [0.3, 0.4) is 0 Å². The van der Waals surface area contributed by atoms with Crippen LogP contribution in [0, 0.1) is 14.1 Å². The highest BCUT2D eigenvalue weighted by Crippen LogP contribution is 2.39. The molecule has 8 bridgehead atoms. The summed E-state index contributed by atoms with van der Waals surface area (Å²) in [7, 11) is 2.84. The zero-order valence-corrected chi connectivity index (χ0v) is 30.2. The third-order valence-electron chi connectivity index (χ3n) is 8.44. The summed E-state index contributed by atoms with van der Waals surface area (Å²) in [4.78, 5) is 41.8. The SMILES string of the molecule is CCC1=C(CC)c2cc3[nH]c(cc4[nH]c(cc5nc(cc1n2)C(CCC(=O)OC)=C5C)c(I)c4I)c(C)c3CCC(=O)OC. The van der Waals surface area contributed by atoms with Gasteiger partial charge in [0.05, 0.1) is 55.2 Å². The Hall–Kier alpha value is -3.00. The van der Waals surface area contributed by atoms with Gasteiger partial charge in [-0.05, 0) is 142 Å². The molecule has 2 N–H and O–H groups in total. The fraction of sp³-hybridized carbons (Fsp3) is 0.353. The van der Waals surface area contributed by atoms with E-state index in [9.17, 15) is 9.59 Å². The molecule has 230 valence electrons. The average molecular weight is 818 g/mol. The second-order valence-corrected chi connectivity index (χ2v) is 13.1. The zero-order valence-electron chi connectivity index (χ0n) is 25.8. The third kappa shape index (κ3) is 6.24. The maximum Gasteiger partial charge on any atom is 0.305 e. The summed E-state index contributed by atoms with van der Waals surface area (Å²) < 4.78 is 12.1. The van der Waals surface area contributed by atoms with Gasteiger partial charge in [-0.3, -0.25) is 9.59 Å². The van der Waals surface area contributed by atoms with Crippen molar-refractivity contribution in [1.29, 1.82) is 0 Å². The molecular weight excluding hydrogens is 782 g/mol. The van der Waals surface area contributed by atoms with E-state index in [0.717, 1.165) is 87.1 Å². The van der Waals surface area contributed by atoms with Gasteiger partial charge in [0.1, 0.15) is 0 Å². The number of esters is 2. The molecule has 8 nitrogen and oxygen atoms in total. The minimum Gasteiger partial charge on any atom is -0.469 e. The number of nitrogens with one attached hydrogen (secondary N) is 2.